The first-order valence-electron chi connectivity index (χ1n) is 5.91. The summed E-state index contributed by atoms with van der Waals surface area (Å²) >= 11 is 0. The minimum Gasteiger partial charge on any atom is -0.399 e. The number of rotatable bonds is 4. The number of nitrogens with zero attached hydrogens (tertiary/aromatic N) is 5. The van der Waals surface area contributed by atoms with Crippen molar-refractivity contribution < 1.29 is 0 Å². The molecular formula is C12H18N6. The van der Waals surface area contributed by atoms with Gasteiger partial charge in [0, 0.05) is 25.3 Å². The van der Waals surface area contributed by atoms with Crippen LogP contribution in [0.2, 0.25) is 0 Å². The van der Waals surface area contributed by atoms with Crippen LogP contribution < -0.4 is 10.6 Å². The number of hydrogen-bond donors (Lipinski definition) is 1. The second kappa shape index (κ2) is 5.03. The van der Waals surface area contributed by atoms with E-state index in [1.54, 1.807) is 4.68 Å². The molecule has 0 saturated carbocycles. The second-order valence-electron chi connectivity index (χ2n) is 4.57. The van der Waals surface area contributed by atoms with Crippen molar-refractivity contribution in [1.82, 2.24) is 20.2 Å². The maximum atomic E-state index is 5.79. The van der Waals surface area contributed by atoms with E-state index >= 15 is 0 Å². The Balaban J connectivity index is 2.25. The quantitative estimate of drug-likeness (QED) is 0.821. The number of anilines is 2. The van der Waals surface area contributed by atoms with Crippen molar-refractivity contribution in [3.05, 3.63) is 29.8 Å². The van der Waals surface area contributed by atoms with Crippen molar-refractivity contribution in [2.24, 2.45) is 7.05 Å². The molecule has 1 aromatic heterocycles. The van der Waals surface area contributed by atoms with Crippen LogP contribution in [0.25, 0.3) is 0 Å². The smallest absolute Gasteiger partial charge is 0.245 e. The summed E-state index contributed by atoms with van der Waals surface area (Å²) in [6.45, 7) is 4.96. The molecule has 0 aliphatic heterocycles. The van der Waals surface area contributed by atoms with Gasteiger partial charge in [0.15, 0.2) is 0 Å². The van der Waals surface area contributed by atoms with Crippen LogP contribution in [0.15, 0.2) is 24.3 Å². The zero-order valence-corrected chi connectivity index (χ0v) is 10.9. The Morgan fingerprint density at radius 3 is 2.72 bits per heavy atom. The third kappa shape index (κ3) is 2.58. The first kappa shape index (κ1) is 12.3. The Kier molecular flexibility index (Phi) is 3.45. The predicted molar refractivity (Wildman–Crippen MR) is 71.0 cm³/mol. The van der Waals surface area contributed by atoms with Crippen molar-refractivity contribution in [2.75, 3.05) is 10.6 Å². The van der Waals surface area contributed by atoms with Crippen molar-refractivity contribution in [1.29, 1.82) is 0 Å². The van der Waals surface area contributed by atoms with Crippen LogP contribution in [0, 0.1) is 0 Å². The molecule has 2 rings (SSSR count). The van der Waals surface area contributed by atoms with E-state index in [4.69, 9.17) is 5.73 Å². The highest BCUT2D eigenvalue weighted by Crippen LogP contribution is 2.17. The molecule has 6 heteroatoms. The predicted octanol–water partition coefficient (Wildman–Crippen LogP) is 1.21. The van der Waals surface area contributed by atoms with Crippen LogP contribution in [-0.4, -0.2) is 26.2 Å². The van der Waals surface area contributed by atoms with Crippen LogP contribution in [0.5, 0.6) is 0 Å². The number of nitrogens with two attached hydrogens (primary N) is 1. The Morgan fingerprint density at radius 1 is 1.39 bits per heavy atom. The maximum Gasteiger partial charge on any atom is 0.245 e. The number of tetrazole rings is 1. The highest BCUT2D eigenvalue weighted by molar-refractivity contribution is 5.42. The molecule has 0 spiro atoms. The first-order valence-corrected chi connectivity index (χ1v) is 5.91. The summed E-state index contributed by atoms with van der Waals surface area (Å²) in [5.41, 5.74) is 7.71. The monoisotopic (exact) mass is 246 g/mol. The molecule has 2 N–H and O–H groups in total. The molecule has 1 aromatic carbocycles. The van der Waals surface area contributed by atoms with Gasteiger partial charge >= 0.3 is 0 Å². The highest BCUT2D eigenvalue weighted by atomic mass is 15.6. The van der Waals surface area contributed by atoms with Gasteiger partial charge < -0.3 is 10.6 Å². The fourth-order valence-electron chi connectivity index (χ4n) is 1.84. The lowest BCUT2D eigenvalue weighted by atomic mass is 10.2. The summed E-state index contributed by atoms with van der Waals surface area (Å²) in [6.07, 6.45) is 0. The third-order valence-corrected chi connectivity index (χ3v) is 2.78. The zero-order chi connectivity index (χ0) is 13.1. The second-order valence-corrected chi connectivity index (χ2v) is 4.57. The largest absolute Gasteiger partial charge is 0.399 e. The average molecular weight is 246 g/mol. The Bertz CT molecular complexity index is 519. The molecule has 1 heterocycles. The van der Waals surface area contributed by atoms with E-state index in [0.29, 0.717) is 6.04 Å². The molecule has 6 nitrogen and oxygen atoms in total. The molecule has 0 amide bonds. The molecule has 0 aliphatic rings. The van der Waals surface area contributed by atoms with Crippen LogP contribution >= 0.6 is 0 Å². The lowest BCUT2D eigenvalue weighted by Gasteiger charge is -2.26. The lowest BCUT2D eigenvalue weighted by molar-refractivity contribution is 0.625. The highest BCUT2D eigenvalue weighted by Gasteiger charge is 2.16. The van der Waals surface area contributed by atoms with Gasteiger partial charge in [0.25, 0.3) is 0 Å². The van der Waals surface area contributed by atoms with E-state index in [9.17, 15) is 0 Å². The molecule has 18 heavy (non-hydrogen) atoms. The minimum atomic E-state index is 0.302. The summed E-state index contributed by atoms with van der Waals surface area (Å²) in [4.78, 5) is 2.13. The van der Waals surface area contributed by atoms with Crippen molar-refractivity contribution >= 4 is 11.6 Å². The van der Waals surface area contributed by atoms with Gasteiger partial charge in [-0.2, -0.15) is 0 Å². The number of nitrogen functional groups attached to an aromatic ring is 1. The molecule has 0 unspecified atom stereocenters. The Labute approximate surface area is 106 Å². The fourth-order valence-corrected chi connectivity index (χ4v) is 1.84. The summed E-state index contributed by atoms with van der Waals surface area (Å²) in [5.74, 6) is 0.757. The van der Waals surface area contributed by atoms with Gasteiger partial charge in [-0.3, -0.25) is 0 Å². The van der Waals surface area contributed by atoms with Crippen LogP contribution in [0.3, 0.4) is 0 Å². The molecule has 0 bridgehead atoms. The molecule has 0 aliphatic carbocycles. The van der Waals surface area contributed by atoms with Crippen molar-refractivity contribution in [2.45, 2.75) is 26.4 Å². The number of aromatic nitrogens is 4. The van der Waals surface area contributed by atoms with Gasteiger partial charge in [-0.05, 0) is 42.0 Å². The summed E-state index contributed by atoms with van der Waals surface area (Å²) in [5, 5.41) is 11.6. The zero-order valence-electron chi connectivity index (χ0n) is 10.9. The standard InChI is InChI=1S/C12H18N6/c1-9(2)18(12-14-15-16-17(12)3)8-10-5-4-6-11(13)7-10/h4-7,9H,8,13H2,1-3H3. The third-order valence-electron chi connectivity index (χ3n) is 2.78. The number of aryl methyl sites for hydroxylation is 1. The molecule has 96 valence electrons. The number of benzene rings is 1. The molecular weight excluding hydrogens is 228 g/mol. The summed E-state index contributed by atoms with van der Waals surface area (Å²) in [7, 11) is 1.84. The summed E-state index contributed by atoms with van der Waals surface area (Å²) in [6, 6.07) is 8.16. The van der Waals surface area contributed by atoms with Crippen LogP contribution in [0.1, 0.15) is 19.4 Å². The van der Waals surface area contributed by atoms with E-state index in [2.05, 4.69) is 40.3 Å². The normalized spacial score (nSPS) is 10.9. The number of hydrogen-bond acceptors (Lipinski definition) is 5. The molecule has 0 saturated heterocycles. The molecule has 0 atom stereocenters. The van der Waals surface area contributed by atoms with Gasteiger partial charge in [0.05, 0.1) is 0 Å². The van der Waals surface area contributed by atoms with E-state index in [1.165, 1.54) is 0 Å². The van der Waals surface area contributed by atoms with E-state index in [0.717, 1.165) is 23.7 Å². The lowest BCUT2D eigenvalue weighted by Crippen LogP contribution is -2.32. The van der Waals surface area contributed by atoms with Crippen LogP contribution in [-0.2, 0) is 13.6 Å². The van der Waals surface area contributed by atoms with Crippen LogP contribution in [0.4, 0.5) is 11.6 Å². The van der Waals surface area contributed by atoms with E-state index < -0.39 is 0 Å². The maximum absolute atomic E-state index is 5.79. The average Bonchev–Trinajstić information content (AvgIpc) is 2.72. The van der Waals surface area contributed by atoms with Crippen molar-refractivity contribution in [3.63, 3.8) is 0 Å². The molecule has 2 aromatic rings. The molecule has 0 fully saturated rings. The van der Waals surface area contributed by atoms with Gasteiger partial charge in [0.2, 0.25) is 5.95 Å². The van der Waals surface area contributed by atoms with Gasteiger partial charge in [-0.25, -0.2) is 4.68 Å². The van der Waals surface area contributed by atoms with E-state index in [1.807, 2.05) is 25.2 Å². The minimum absolute atomic E-state index is 0.302. The van der Waals surface area contributed by atoms with Crippen molar-refractivity contribution in [3.8, 4) is 0 Å². The first-order chi connectivity index (χ1) is 8.58. The topological polar surface area (TPSA) is 72.9 Å². The van der Waals surface area contributed by atoms with Gasteiger partial charge in [-0.1, -0.05) is 17.2 Å². The summed E-state index contributed by atoms with van der Waals surface area (Å²) < 4.78 is 1.67. The van der Waals surface area contributed by atoms with E-state index in [-0.39, 0.29) is 0 Å². The van der Waals surface area contributed by atoms with Gasteiger partial charge in [-0.15, -0.1) is 0 Å². The SMILES string of the molecule is CC(C)N(Cc1cccc(N)c1)c1nnnn1C. The Morgan fingerprint density at radius 2 is 2.17 bits per heavy atom. The van der Waals surface area contributed by atoms with Gasteiger partial charge in [0.1, 0.15) is 0 Å². The fraction of sp³-hybridized carbons (Fsp3) is 0.417. The molecule has 0 radical (unpaired) electrons. The Hall–Kier alpha value is -2.11.